The van der Waals surface area contributed by atoms with Crippen LogP contribution in [-0.2, 0) is 6.42 Å². The van der Waals surface area contributed by atoms with Crippen LogP contribution >= 0.6 is 0 Å². The molecule has 1 aliphatic heterocycles. The number of aryl methyl sites for hydroxylation is 1. The first-order valence-electron chi connectivity index (χ1n) is 7.43. The average Bonchev–Trinajstić information content (AvgIpc) is 3.00. The Labute approximate surface area is 124 Å². The van der Waals surface area contributed by atoms with Crippen LogP contribution in [0.3, 0.4) is 0 Å². The molecule has 0 aliphatic carbocycles. The van der Waals surface area contributed by atoms with Gasteiger partial charge >= 0.3 is 0 Å². The Balaban J connectivity index is 1.74. The summed E-state index contributed by atoms with van der Waals surface area (Å²) in [6.07, 6.45) is 3.61. The molecule has 5 nitrogen and oxygen atoms in total. The van der Waals surface area contributed by atoms with Crippen molar-refractivity contribution in [3.05, 3.63) is 30.3 Å². The number of benzene rings is 1. The van der Waals surface area contributed by atoms with Gasteiger partial charge in [-0.25, -0.2) is 4.98 Å². The lowest BCUT2D eigenvalue weighted by atomic mass is 10.1. The van der Waals surface area contributed by atoms with Gasteiger partial charge in [0.2, 0.25) is 0 Å². The first kappa shape index (κ1) is 13.9. The number of rotatable bonds is 6. The molecule has 0 saturated carbocycles. The van der Waals surface area contributed by atoms with Gasteiger partial charge < -0.3 is 19.2 Å². The highest BCUT2D eigenvalue weighted by Gasteiger charge is 2.19. The smallest absolute Gasteiger partial charge is 0.194 e. The maximum absolute atomic E-state index is 5.84. The fraction of sp³-hybridized carbons (Fsp3) is 0.438. The summed E-state index contributed by atoms with van der Waals surface area (Å²) in [4.78, 5) is 4.35. The van der Waals surface area contributed by atoms with E-state index >= 15 is 0 Å². The highest BCUT2D eigenvalue weighted by Crippen LogP contribution is 2.39. The van der Waals surface area contributed by atoms with Crippen LogP contribution in [0.15, 0.2) is 28.8 Å². The summed E-state index contributed by atoms with van der Waals surface area (Å²) in [6, 6.07) is 5.82. The van der Waals surface area contributed by atoms with E-state index in [1.54, 1.807) is 6.20 Å². The molecule has 0 bridgehead atoms. The minimum Gasteiger partial charge on any atom is -0.486 e. The third-order valence-corrected chi connectivity index (χ3v) is 3.38. The Morgan fingerprint density at radius 3 is 3.05 bits per heavy atom. The second kappa shape index (κ2) is 6.63. The van der Waals surface area contributed by atoms with E-state index in [0.29, 0.717) is 13.2 Å². The van der Waals surface area contributed by atoms with E-state index in [4.69, 9.17) is 13.9 Å². The monoisotopic (exact) mass is 288 g/mol. The first-order valence-corrected chi connectivity index (χ1v) is 7.43. The Morgan fingerprint density at radius 1 is 1.24 bits per heavy atom. The van der Waals surface area contributed by atoms with Crippen molar-refractivity contribution in [2.75, 3.05) is 26.3 Å². The maximum atomic E-state index is 5.84. The van der Waals surface area contributed by atoms with Gasteiger partial charge in [-0.05, 0) is 31.6 Å². The predicted molar refractivity (Wildman–Crippen MR) is 79.8 cm³/mol. The third-order valence-electron chi connectivity index (χ3n) is 3.38. The number of fused-ring (bicyclic) bond motifs is 1. The number of hydrogen-bond donors (Lipinski definition) is 1. The van der Waals surface area contributed by atoms with Crippen molar-refractivity contribution in [3.63, 3.8) is 0 Å². The molecular weight excluding hydrogens is 268 g/mol. The Bertz CT molecular complexity index is 595. The van der Waals surface area contributed by atoms with Crippen LogP contribution in [0.1, 0.15) is 19.2 Å². The van der Waals surface area contributed by atoms with E-state index in [-0.39, 0.29) is 0 Å². The molecule has 1 N–H and O–H groups in total. The van der Waals surface area contributed by atoms with Gasteiger partial charge in [0.05, 0.1) is 11.8 Å². The highest BCUT2D eigenvalue weighted by molar-refractivity contribution is 5.69. The zero-order chi connectivity index (χ0) is 14.5. The van der Waals surface area contributed by atoms with Crippen LogP contribution in [0.4, 0.5) is 0 Å². The lowest BCUT2D eigenvalue weighted by Crippen LogP contribution is -2.15. The summed E-state index contributed by atoms with van der Waals surface area (Å²) in [5.41, 5.74) is 0.901. The second-order valence-electron chi connectivity index (χ2n) is 4.91. The molecule has 0 spiro atoms. The third kappa shape index (κ3) is 3.19. The van der Waals surface area contributed by atoms with Crippen LogP contribution < -0.4 is 14.8 Å². The molecule has 0 amide bonds. The van der Waals surface area contributed by atoms with Gasteiger partial charge in [-0.1, -0.05) is 13.0 Å². The molecule has 0 atom stereocenters. The minimum absolute atomic E-state index is 0.563. The van der Waals surface area contributed by atoms with Gasteiger partial charge in [0.1, 0.15) is 13.2 Å². The molecule has 1 aromatic carbocycles. The molecular formula is C16H20N2O3. The second-order valence-corrected chi connectivity index (χ2v) is 4.91. The van der Waals surface area contributed by atoms with Crippen LogP contribution in [0, 0.1) is 0 Å². The number of nitrogens with zero attached hydrogens (tertiary/aromatic N) is 1. The van der Waals surface area contributed by atoms with Gasteiger partial charge in [-0.2, -0.15) is 0 Å². The van der Waals surface area contributed by atoms with Gasteiger partial charge in [0.25, 0.3) is 0 Å². The van der Waals surface area contributed by atoms with E-state index in [1.807, 2.05) is 18.2 Å². The van der Waals surface area contributed by atoms with Crippen molar-refractivity contribution in [2.24, 2.45) is 0 Å². The number of oxazole rings is 1. The van der Waals surface area contributed by atoms with Gasteiger partial charge in [-0.3, -0.25) is 0 Å². The fourth-order valence-corrected chi connectivity index (χ4v) is 2.36. The maximum Gasteiger partial charge on any atom is 0.194 e. The Hall–Kier alpha value is -2.01. The fourth-order valence-electron chi connectivity index (χ4n) is 2.36. The van der Waals surface area contributed by atoms with Crippen molar-refractivity contribution < 1.29 is 13.9 Å². The quantitative estimate of drug-likeness (QED) is 0.828. The number of hydrogen-bond acceptors (Lipinski definition) is 5. The van der Waals surface area contributed by atoms with E-state index in [1.165, 1.54) is 0 Å². The van der Waals surface area contributed by atoms with Crippen LogP contribution in [0.5, 0.6) is 11.5 Å². The summed E-state index contributed by atoms with van der Waals surface area (Å²) in [6.45, 7) is 5.22. The summed E-state index contributed by atoms with van der Waals surface area (Å²) in [7, 11) is 0. The molecule has 0 unspecified atom stereocenters. The van der Waals surface area contributed by atoms with Crippen molar-refractivity contribution in [3.8, 4) is 22.8 Å². The molecule has 2 heterocycles. The molecule has 5 heteroatoms. The standard InChI is InChI=1S/C16H20N2O3/c1-2-17-8-4-7-15-18-11-14(21-15)12-5-3-6-13-16(12)20-10-9-19-13/h3,5-6,11,17H,2,4,7-10H2,1H3. The summed E-state index contributed by atoms with van der Waals surface area (Å²) >= 11 is 0. The topological polar surface area (TPSA) is 56.5 Å². The lowest BCUT2D eigenvalue weighted by molar-refractivity contribution is 0.172. The van der Waals surface area contributed by atoms with E-state index < -0.39 is 0 Å². The molecule has 1 aliphatic rings. The molecule has 0 saturated heterocycles. The van der Waals surface area contributed by atoms with Crippen molar-refractivity contribution in [2.45, 2.75) is 19.8 Å². The largest absolute Gasteiger partial charge is 0.486 e. The van der Waals surface area contributed by atoms with Gasteiger partial charge in [0.15, 0.2) is 23.1 Å². The normalized spacial score (nSPS) is 13.4. The van der Waals surface area contributed by atoms with Crippen LogP contribution in [0.2, 0.25) is 0 Å². The first-order chi connectivity index (χ1) is 10.4. The zero-order valence-electron chi connectivity index (χ0n) is 12.2. The van der Waals surface area contributed by atoms with E-state index in [2.05, 4.69) is 17.2 Å². The lowest BCUT2D eigenvalue weighted by Gasteiger charge is -2.19. The molecule has 112 valence electrons. The van der Waals surface area contributed by atoms with Crippen molar-refractivity contribution in [1.82, 2.24) is 10.3 Å². The number of aromatic nitrogens is 1. The van der Waals surface area contributed by atoms with Crippen molar-refractivity contribution >= 4 is 0 Å². The van der Waals surface area contributed by atoms with Gasteiger partial charge in [-0.15, -0.1) is 0 Å². The summed E-state index contributed by atoms with van der Waals surface area (Å²) < 4.78 is 17.1. The van der Waals surface area contributed by atoms with Crippen LogP contribution in [-0.4, -0.2) is 31.3 Å². The summed E-state index contributed by atoms with van der Waals surface area (Å²) in [5.74, 6) is 3.01. The Kier molecular flexibility index (Phi) is 4.40. The molecule has 21 heavy (non-hydrogen) atoms. The average molecular weight is 288 g/mol. The minimum atomic E-state index is 0.563. The molecule has 1 aromatic heterocycles. The number of ether oxygens (including phenoxy) is 2. The zero-order valence-corrected chi connectivity index (χ0v) is 12.2. The van der Waals surface area contributed by atoms with Gasteiger partial charge in [0, 0.05) is 6.42 Å². The summed E-state index contributed by atoms with van der Waals surface area (Å²) in [5, 5.41) is 3.29. The SMILES string of the molecule is CCNCCCc1ncc(-c2cccc3c2OCCO3)o1. The van der Waals surface area contributed by atoms with Crippen LogP contribution in [0.25, 0.3) is 11.3 Å². The number of para-hydroxylation sites is 1. The van der Waals surface area contributed by atoms with E-state index in [9.17, 15) is 0 Å². The molecule has 0 radical (unpaired) electrons. The molecule has 3 rings (SSSR count). The highest BCUT2D eigenvalue weighted by atomic mass is 16.6. The predicted octanol–water partition coefficient (Wildman–Crippen LogP) is 2.65. The number of nitrogens with one attached hydrogen (secondary N) is 1. The molecule has 0 fully saturated rings. The molecule has 2 aromatic rings. The van der Waals surface area contributed by atoms with E-state index in [0.717, 1.165) is 54.6 Å². The Morgan fingerprint density at radius 2 is 2.14 bits per heavy atom. The van der Waals surface area contributed by atoms with Crippen molar-refractivity contribution in [1.29, 1.82) is 0 Å².